The Balaban J connectivity index is 2.66. The number of halogens is 1. The highest BCUT2D eigenvalue weighted by molar-refractivity contribution is 5.92. The van der Waals surface area contributed by atoms with E-state index in [1.54, 1.807) is 27.7 Å². The summed E-state index contributed by atoms with van der Waals surface area (Å²) in [6, 6.07) is 3.55. The lowest BCUT2D eigenvalue weighted by Gasteiger charge is -2.21. The normalized spacial score (nSPS) is 12.3. The summed E-state index contributed by atoms with van der Waals surface area (Å²) in [6.07, 6.45) is -1.03. The van der Waals surface area contributed by atoms with E-state index in [1.807, 2.05) is 0 Å². The first-order valence-corrected chi connectivity index (χ1v) is 7.13. The van der Waals surface area contributed by atoms with E-state index in [0.29, 0.717) is 0 Å². The maximum atomic E-state index is 13.3. The van der Waals surface area contributed by atoms with E-state index in [-0.39, 0.29) is 17.9 Å². The predicted octanol–water partition coefficient (Wildman–Crippen LogP) is 2.90. The summed E-state index contributed by atoms with van der Waals surface area (Å²) < 4.78 is 28.5. The third-order valence-electron chi connectivity index (χ3n) is 2.61. The number of carbonyl (C=O) groups is 2. The van der Waals surface area contributed by atoms with Gasteiger partial charge in [-0.25, -0.2) is 14.0 Å². The smallest absolute Gasteiger partial charge is 0.407 e. The number of benzene rings is 1. The Morgan fingerprint density at radius 2 is 1.96 bits per heavy atom. The van der Waals surface area contributed by atoms with Crippen LogP contribution in [0.1, 0.15) is 38.1 Å². The second kappa shape index (κ2) is 7.80. The summed E-state index contributed by atoms with van der Waals surface area (Å²) in [7, 11) is 1.20. The topological polar surface area (TPSA) is 73.9 Å². The highest BCUT2D eigenvalue weighted by Crippen LogP contribution is 2.21. The average Bonchev–Trinajstić information content (AvgIpc) is 2.44. The van der Waals surface area contributed by atoms with Crippen molar-refractivity contribution in [3.05, 3.63) is 29.6 Å². The van der Waals surface area contributed by atoms with Crippen LogP contribution in [0, 0.1) is 5.82 Å². The van der Waals surface area contributed by atoms with E-state index in [9.17, 15) is 14.0 Å². The molecule has 128 valence electrons. The number of rotatable bonds is 5. The maximum Gasteiger partial charge on any atom is 0.407 e. The monoisotopic (exact) mass is 327 g/mol. The Hall–Kier alpha value is -2.31. The van der Waals surface area contributed by atoms with Crippen LogP contribution in [0.25, 0.3) is 0 Å². The SMILES string of the molecule is COC(=O)c1cc(F)ccc1O[C@@H](C)CNC(=O)OC(C)(C)C. The number of alkyl carbamates (subject to hydrolysis) is 1. The number of carbonyl (C=O) groups excluding carboxylic acids is 2. The molecule has 23 heavy (non-hydrogen) atoms. The van der Waals surface area contributed by atoms with Crippen LogP contribution >= 0.6 is 0 Å². The largest absolute Gasteiger partial charge is 0.488 e. The molecule has 1 atom stereocenters. The minimum Gasteiger partial charge on any atom is -0.488 e. The lowest BCUT2D eigenvalue weighted by atomic mass is 10.2. The molecule has 0 heterocycles. The molecule has 0 bridgehead atoms. The summed E-state index contributed by atoms with van der Waals surface area (Å²) >= 11 is 0. The van der Waals surface area contributed by atoms with E-state index in [0.717, 1.165) is 6.07 Å². The first kappa shape index (κ1) is 18.7. The highest BCUT2D eigenvalue weighted by Gasteiger charge is 2.19. The van der Waals surface area contributed by atoms with Crippen LogP contribution in [0.2, 0.25) is 0 Å². The Labute approximate surface area is 134 Å². The highest BCUT2D eigenvalue weighted by atomic mass is 19.1. The van der Waals surface area contributed by atoms with Gasteiger partial charge in [0.15, 0.2) is 0 Å². The summed E-state index contributed by atoms with van der Waals surface area (Å²) in [5.41, 5.74) is -0.611. The van der Waals surface area contributed by atoms with Crippen LogP contribution in [0.4, 0.5) is 9.18 Å². The van der Waals surface area contributed by atoms with Crippen LogP contribution in [0.5, 0.6) is 5.75 Å². The molecular weight excluding hydrogens is 305 g/mol. The van der Waals surface area contributed by atoms with Crippen molar-refractivity contribution in [2.45, 2.75) is 39.4 Å². The first-order chi connectivity index (χ1) is 10.6. The zero-order chi connectivity index (χ0) is 17.6. The summed E-state index contributed by atoms with van der Waals surface area (Å²) in [5, 5.41) is 2.56. The van der Waals surface area contributed by atoms with Gasteiger partial charge in [-0.15, -0.1) is 0 Å². The lowest BCUT2D eigenvalue weighted by Crippen LogP contribution is -2.37. The van der Waals surface area contributed by atoms with Crippen molar-refractivity contribution in [1.82, 2.24) is 5.32 Å². The fraction of sp³-hybridized carbons (Fsp3) is 0.500. The summed E-state index contributed by atoms with van der Waals surface area (Å²) in [5.74, 6) is -1.10. The van der Waals surface area contributed by atoms with Crippen LogP contribution in [0.3, 0.4) is 0 Å². The van der Waals surface area contributed by atoms with Gasteiger partial charge < -0.3 is 19.5 Å². The van der Waals surface area contributed by atoms with Crippen molar-refractivity contribution < 1.29 is 28.2 Å². The van der Waals surface area contributed by atoms with Gasteiger partial charge in [0.05, 0.1) is 13.7 Å². The van der Waals surface area contributed by atoms with Crippen molar-refractivity contribution in [3.8, 4) is 5.75 Å². The number of methoxy groups -OCH3 is 1. The Morgan fingerprint density at radius 1 is 1.30 bits per heavy atom. The second-order valence-corrected chi connectivity index (χ2v) is 5.94. The summed E-state index contributed by atoms with van der Waals surface area (Å²) in [4.78, 5) is 23.2. The van der Waals surface area contributed by atoms with Crippen molar-refractivity contribution in [1.29, 1.82) is 0 Å². The summed E-state index contributed by atoms with van der Waals surface area (Å²) in [6.45, 7) is 7.13. The van der Waals surface area contributed by atoms with Crippen LogP contribution < -0.4 is 10.1 Å². The zero-order valence-corrected chi connectivity index (χ0v) is 13.9. The van der Waals surface area contributed by atoms with E-state index in [2.05, 4.69) is 10.1 Å². The maximum absolute atomic E-state index is 13.3. The number of nitrogens with one attached hydrogen (secondary N) is 1. The second-order valence-electron chi connectivity index (χ2n) is 5.94. The molecule has 0 aliphatic heterocycles. The third kappa shape index (κ3) is 6.54. The van der Waals surface area contributed by atoms with E-state index >= 15 is 0 Å². The fourth-order valence-electron chi connectivity index (χ4n) is 1.67. The van der Waals surface area contributed by atoms with E-state index in [1.165, 1.54) is 19.2 Å². The lowest BCUT2D eigenvalue weighted by molar-refractivity contribution is 0.0499. The first-order valence-electron chi connectivity index (χ1n) is 7.13. The molecule has 0 aliphatic carbocycles. The molecule has 7 heteroatoms. The van der Waals surface area contributed by atoms with E-state index < -0.39 is 29.6 Å². The van der Waals surface area contributed by atoms with Gasteiger partial charge in [-0.05, 0) is 45.9 Å². The standard InChI is InChI=1S/C16H22FNO5/c1-10(9-18-15(20)23-16(2,3)4)22-13-7-6-11(17)8-12(13)14(19)21-5/h6-8,10H,9H2,1-5H3,(H,18,20)/t10-/m0/s1. The van der Waals surface area contributed by atoms with Gasteiger partial charge in [0.1, 0.15) is 28.8 Å². The molecule has 0 saturated carbocycles. The number of hydrogen-bond donors (Lipinski definition) is 1. The number of esters is 1. The van der Waals surface area contributed by atoms with Crippen LogP contribution in [-0.4, -0.2) is 37.4 Å². The Kier molecular flexibility index (Phi) is 6.36. The van der Waals surface area contributed by atoms with Gasteiger partial charge >= 0.3 is 12.1 Å². The van der Waals surface area contributed by atoms with Crippen molar-refractivity contribution in [2.75, 3.05) is 13.7 Å². The molecule has 0 saturated heterocycles. The zero-order valence-electron chi connectivity index (χ0n) is 13.9. The average molecular weight is 327 g/mol. The minimum absolute atomic E-state index is 0.0170. The molecule has 0 spiro atoms. The van der Waals surface area contributed by atoms with Gasteiger partial charge in [-0.1, -0.05) is 0 Å². The van der Waals surface area contributed by atoms with Crippen molar-refractivity contribution >= 4 is 12.1 Å². The third-order valence-corrected chi connectivity index (χ3v) is 2.61. The molecular formula is C16H22FNO5. The van der Waals surface area contributed by atoms with Gasteiger partial charge in [-0.3, -0.25) is 0 Å². The Bertz CT molecular complexity index is 568. The van der Waals surface area contributed by atoms with Gasteiger partial charge in [0.25, 0.3) is 0 Å². The molecule has 0 unspecified atom stereocenters. The minimum atomic E-state index is -0.702. The van der Waals surface area contributed by atoms with Crippen molar-refractivity contribution in [2.24, 2.45) is 0 Å². The van der Waals surface area contributed by atoms with Crippen molar-refractivity contribution in [3.63, 3.8) is 0 Å². The molecule has 0 fully saturated rings. The number of ether oxygens (including phenoxy) is 3. The fourth-order valence-corrected chi connectivity index (χ4v) is 1.67. The van der Waals surface area contributed by atoms with E-state index in [4.69, 9.17) is 9.47 Å². The Morgan fingerprint density at radius 3 is 2.52 bits per heavy atom. The molecule has 1 rings (SSSR count). The molecule has 6 nitrogen and oxygen atoms in total. The van der Waals surface area contributed by atoms with Gasteiger partial charge in [0, 0.05) is 0 Å². The molecule has 1 aromatic carbocycles. The van der Waals surface area contributed by atoms with Crippen LogP contribution in [0.15, 0.2) is 18.2 Å². The molecule has 0 aromatic heterocycles. The predicted molar refractivity (Wildman–Crippen MR) is 82.1 cm³/mol. The van der Waals surface area contributed by atoms with Crippen LogP contribution in [-0.2, 0) is 9.47 Å². The quantitative estimate of drug-likeness (QED) is 0.842. The molecule has 1 N–H and O–H groups in total. The number of hydrogen-bond acceptors (Lipinski definition) is 5. The van der Waals surface area contributed by atoms with Gasteiger partial charge in [0.2, 0.25) is 0 Å². The molecule has 1 aromatic rings. The molecule has 1 amide bonds. The molecule has 0 aliphatic rings. The molecule has 0 radical (unpaired) electrons. The number of amides is 1. The van der Waals surface area contributed by atoms with Gasteiger partial charge in [-0.2, -0.15) is 0 Å².